The molecular formula is C34H24FN7O4. The average molecular weight is 614 g/mol. The first kappa shape index (κ1) is 28.2. The maximum absolute atomic E-state index is 13.7. The molecule has 3 aromatic carbocycles. The fraction of sp³-hybridized carbons (Fsp3) is 0.0294. The number of ether oxygens (including phenoxy) is 1. The number of nitrogens with one attached hydrogen (secondary N) is 1. The number of furan rings is 1. The molecule has 0 aliphatic carbocycles. The summed E-state index contributed by atoms with van der Waals surface area (Å²) in [7, 11) is 1.81. The maximum atomic E-state index is 13.7. The molecule has 0 fully saturated rings. The molecule has 46 heavy (non-hydrogen) atoms. The summed E-state index contributed by atoms with van der Waals surface area (Å²) >= 11 is 0. The second-order valence-corrected chi connectivity index (χ2v) is 10.4. The second kappa shape index (κ2) is 11.5. The summed E-state index contributed by atoms with van der Waals surface area (Å²) in [6.45, 7) is 0. The molecule has 4 aromatic heterocycles. The van der Waals surface area contributed by atoms with Crippen molar-refractivity contribution in [2.75, 3.05) is 11.1 Å². The average Bonchev–Trinajstić information content (AvgIpc) is 3.66. The highest BCUT2D eigenvalue weighted by Gasteiger charge is 2.24. The van der Waals surface area contributed by atoms with Crippen LogP contribution in [0, 0.1) is 5.82 Å². The minimum atomic E-state index is -0.616. The molecular weight excluding hydrogens is 589 g/mol. The quantitative estimate of drug-likeness (QED) is 0.202. The van der Waals surface area contributed by atoms with Gasteiger partial charge in [0.25, 0.3) is 11.5 Å². The van der Waals surface area contributed by atoms with Crippen LogP contribution in [0.1, 0.15) is 10.4 Å². The van der Waals surface area contributed by atoms with Crippen molar-refractivity contribution >= 4 is 28.4 Å². The highest BCUT2D eigenvalue weighted by Crippen LogP contribution is 2.44. The van der Waals surface area contributed by atoms with Crippen molar-refractivity contribution in [1.82, 2.24) is 24.3 Å². The normalized spacial score (nSPS) is 11.1. The molecule has 3 N–H and O–H groups in total. The lowest BCUT2D eigenvalue weighted by Crippen LogP contribution is -2.27. The molecule has 0 saturated carbocycles. The zero-order valence-corrected chi connectivity index (χ0v) is 24.2. The number of anilines is 2. The number of rotatable bonds is 7. The van der Waals surface area contributed by atoms with Crippen LogP contribution in [0.25, 0.3) is 39.2 Å². The van der Waals surface area contributed by atoms with Crippen molar-refractivity contribution in [1.29, 1.82) is 0 Å². The van der Waals surface area contributed by atoms with Gasteiger partial charge in [0, 0.05) is 36.4 Å². The number of benzene rings is 3. The third-order valence-corrected chi connectivity index (χ3v) is 7.20. The van der Waals surface area contributed by atoms with Crippen molar-refractivity contribution in [2.24, 2.45) is 7.05 Å². The summed E-state index contributed by atoms with van der Waals surface area (Å²) in [6, 6.07) is 22.5. The number of carbonyl (C=O) groups excluding carboxylic acids is 1. The van der Waals surface area contributed by atoms with Crippen molar-refractivity contribution in [3.63, 3.8) is 0 Å². The van der Waals surface area contributed by atoms with E-state index in [1.54, 1.807) is 53.3 Å². The Balaban J connectivity index is 1.18. The van der Waals surface area contributed by atoms with Crippen molar-refractivity contribution in [2.45, 2.75) is 0 Å². The number of aryl methyl sites for hydroxylation is 1. The first-order valence-corrected chi connectivity index (χ1v) is 14.0. The van der Waals surface area contributed by atoms with Crippen LogP contribution in [0.5, 0.6) is 11.6 Å². The van der Waals surface area contributed by atoms with E-state index in [-0.39, 0.29) is 11.4 Å². The van der Waals surface area contributed by atoms with Gasteiger partial charge in [0.2, 0.25) is 11.6 Å². The van der Waals surface area contributed by atoms with Gasteiger partial charge in [-0.2, -0.15) is 5.10 Å². The summed E-state index contributed by atoms with van der Waals surface area (Å²) in [5.41, 5.74) is 9.28. The van der Waals surface area contributed by atoms with Gasteiger partial charge in [-0.3, -0.25) is 18.8 Å². The van der Waals surface area contributed by atoms with Crippen LogP contribution in [0.2, 0.25) is 0 Å². The number of nitrogens with zero attached hydrogens (tertiary/aromatic N) is 5. The molecule has 0 aliphatic heterocycles. The predicted octanol–water partition coefficient (Wildman–Crippen LogP) is 6.21. The largest absolute Gasteiger partial charge is 0.438 e. The third-order valence-electron chi connectivity index (χ3n) is 7.20. The molecule has 0 bridgehead atoms. The minimum absolute atomic E-state index is 0.103. The number of aromatic nitrogens is 5. The number of halogens is 1. The summed E-state index contributed by atoms with van der Waals surface area (Å²) in [6.07, 6.45) is 6.35. The van der Waals surface area contributed by atoms with Gasteiger partial charge in [0.1, 0.15) is 34.6 Å². The van der Waals surface area contributed by atoms with Crippen molar-refractivity contribution in [3.05, 3.63) is 132 Å². The van der Waals surface area contributed by atoms with E-state index in [1.165, 1.54) is 41.4 Å². The van der Waals surface area contributed by atoms with E-state index in [1.807, 2.05) is 31.4 Å². The van der Waals surface area contributed by atoms with Crippen LogP contribution in [0.15, 0.2) is 119 Å². The van der Waals surface area contributed by atoms with Gasteiger partial charge >= 0.3 is 0 Å². The highest BCUT2D eigenvalue weighted by molar-refractivity contribution is 6.04. The van der Waals surface area contributed by atoms with Crippen LogP contribution in [0.4, 0.5) is 15.8 Å². The molecule has 0 atom stereocenters. The molecule has 7 aromatic rings. The number of hydrogen-bond donors (Lipinski definition) is 2. The van der Waals surface area contributed by atoms with E-state index in [2.05, 4.69) is 20.4 Å². The molecule has 4 heterocycles. The van der Waals surface area contributed by atoms with E-state index < -0.39 is 17.3 Å². The lowest BCUT2D eigenvalue weighted by atomic mass is 10.0. The molecule has 0 saturated heterocycles. The number of nitrogen functional groups attached to an aromatic ring is 1. The van der Waals surface area contributed by atoms with Crippen LogP contribution in [0.3, 0.4) is 0 Å². The Morgan fingerprint density at radius 2 is 1.80 bits per heavy atom. The van der Waals surface area contributed by atoms with E-state index in [0.717, 1.165) is 11.1 Å². The minimum Gasteiger partial charge on any atom is -0.438 e. The number of pyridine rings is 1. The number of carbonyl (C=O) groups is 1. The van der Waals surface area contributed by atoms with Gasteiger partial charge < -0.3 is 20.2 Å². The molecule has 11 nitrogen and oxygen atoms in total. The Labute approximate surface area is 260 Å². The summed E-state index contributed by atoms with van der Waals surface area (Å²) in [4.78, 5) is 34.9. The Kier molecular flexibility index (Phi) is 7.06. The van der Waals surface area contributed by atoms with E-state index >= 15 is 0 Å². The summed E-state index contributed by atoms with van der Waals surface area (Å²) in [5, 5.41) is 7.55. The Bertz CT molecular complexity index is 2310. The summed E-state index contributed by atoms with van der Waals surface area (Å²) < 4.78 is 29.1. The lowest BCUT2D eigenvalue weighted by molar-refractivity contribution is 0.102. The highest BCUT2D eigenvalue weighted by atomic mass is 19.1. The fourth-order valence-corrected chi connectivity index (χ4v) is 5.11. The van der Waals surface area contributed by atoms with Gasteiger partial charge in [-0.25, -0.2) is 14.4 Å². The van der Waals surface area contributed by atoms with Gasteiger partial charge in [0.05, 0.1) is 17.4 Å². The van der Waals surface area contributed by atoms with Gasteiger partial charge in [-0.05, 0) is 72.3 Å². The molecule has 7 rings (SSSR count). The monoisotopic (exact) mass is 613 g/mol. The third kappa shape index (κ3) is 5.35. The molecule has 0 unspecified atom stereocenters. The number of amides is 1. The lowest BCUT2D eigenvalue weighted by Gasteiger charge is -2.10. The molecule has 1 amide bonds. The molecule has 12 heteroatoms. The van der Waals surface area contributed by atoms with Crippen LogP contribution in [-0.4, -0.2) is 30.2 Å². The second-order valence-electron chi connectivity index (χ2n) is 10.4. The Hall–Kier alpha value is -6.56. The Morgan fingerprint density at radius 3 is 2.57 bits per heavy atom. The topological polar surface area (TPSA) is 143 Å². The SMILES string of the molecule is Cn1cc(-c2oc3ncnc(Oc4ccc(NC(=O)c5cccn(-c6cccc(F)c6)c5=O)cc4)c3c2-c2cccc(N)c2)cn1. The number of fused-ring (bicyclic) bond motifs is 1. The fourth-order valence-electron chi connectivity index (χ4n) is 5.11. The maximum Gasteiger partial charge on any atom is 0.267 e. The zero-order valence-electron chi connectivity index (χ0n) is 24.2. The first-order valence-electron chi connectivity index (χ1n) is 14.0. The van der Waals surface area contributed by atoms with Gasteiger partial charge in [-0.1, -0.05) is 18.2 Å². The predicted molar refractivity (Wildman–Crippen MR) is 170 cm³/mol. The molecule has 0 aliphatic rings. The smallest absolute Gasteiger partial charge is 0.267 e. The van der Waals surface area contributed by atoms with Crippen molar-refractivity contribution in [3.8, 4) is 39.8 Å². The van der Waals surface area contributed by atoms with E-state index in [0.29, 0.717) is 45.2 Å². The van der Waals surface area contributed by atoms with Gasteiger partial charge in [-0.15, -0.1) is 0 Å². The first-order chi connectivity index (χ1) is 22.3. The Morgan fingerprint density at radius 1 is 0.978 bits per heavy atom. The van der Waals surface area contributed by atoms with Crippen LogP contribution < -0.4 is 21.3 Å². The number of nitrogens with two attached hydrogens (primary N) is 1. The van der Waals surface area contributed by atoms with Crippen LogP contribution in [-0.2, 0) is 7.05 Å². The van der Waals surface area contributed by atoms with Gasteiger partial charge in [0.15, 0.2) is 0 Å². The van der Waals surface area contributed by atoms with Crippen molar-refractivity contribution < 1.29 is 18.3 Å². The van der Waals surface area contributed by atoms with E-state index in [4.69, 9.17) is 14.9 Å². The summed E-state index contributed by atoms with van der Waals surface area (Å²) in [5.74, 6) is 0.102. The number of hydrogen-bond acceptors (Lipinski definition) is 8. The van der Waals surface area contributed by atoms with E-state index in [9.17, 15) is 14.0 Å². The van der Waals surface area contributed by atoms with Crippen LogP contribution >= 0.6 is 0 Å². The molecule has 0 spiro atoms. The zero-order chi connectivity index (χ0) is 31.8. The molecule has 226 valence electrons. The standard InChI is InChI=1S/C34H24FN7O4/c1-41-18-21(17-39-41)30-28(20-5-2-7-23(36)15-20)29-32(37-19-38-33(29)46-30)45-26-12-10-24(11-13-26)40-31(43)27-9-4-14-42(34(27)44)25-8-3-6-22(35)16-25/h2-19H,36H2,1H3,(H,40,43). The molecule has 0 radical (unpaired) electrons.